The van der Waals surface area contributed by atoms with Crippen molar-refractivity contribution < 1.29 is 4.79 Å². The molecule has 0 bridgehead atoms. The van der Waals surface area contributed by atoms with Crippen molar-refractivity contribution in [3.05, 3.63) is 142 Å². The lowest BCUT2D eigenvalue weighted by molar-refractivity contribution is -0.134. The number of fused-ring (bicyclic) bond motifs is 1. The second-order valence-electron chi connectivity index (χ2n) is 9.88. The summed E-state index contributed by atoms with van der Waals surface area (Å²) in [5.41, 5.74) is 4.52. The average molecular weight is 516 g/mol. The van der Waals surface area contributed by atoms with Crippen molar-refractivity contribution in [3.8, 4) is 5.69 Å². The number of aryl methyl sites for hydroxylation is 2. The quantitative estimate of drug-likeness (QED) is 0.217. The van der Waals surface area contributed by atoms with Crippen LogP contribution in [0, 0.1) is 6.92 Å². The second-order valence-corrected chi connectivity index (χ2v) is 9.88. The predicted molar refractivity (Wildman–Crippen MR) is 157 cm³/mol. The summed E-state index contributed by atoms with van der Waals surface area (Å²) in [6.07, 6.45) is 1.63. The Bertz CT molecular complexity index is 1610. The van der Waals surface area contributed by atoms with Gasteiger partial charge < -0.3 is 4.90 Å². The minimum atomic E-state index is -0.396. The highest BCUT2D eigenvalue weighted by Crippen LogP contribution is 2.28. The molecule has 5 nitrogen and oxygen atoms in total. The summed E-state index contributed by atoms with van der Waals surface area (Å²) < 4.78 is 1.69. The van der Waals surface area contributed by atoms with E-state index in [0.717, 1.165) is 22.4 Å². The maximum atomic E-state index is 13.9. The first-order valence-electron chi connectivity index (χ1n) is 13.5. The van der Waals surface area contributed by atoms with E-state index in [1.807, 2.05) is 128 Å². The number of benzene rings is 4. The van der Waals surface area contributed by atoms with Crippen LogP contribution in [0.15, 0.2) is 114 Å². The average Bonchev–Trinajstić information content (AvgIpc) is 2.98. The molecule has 0 saturated heterocycles. The van der Waals surface area contributed by atoms with Gasteiger partial charge in [-0.25, -0.2) is 4.98 Å². The lowest BCUT2D eigenvalue weighted by atomic mass is 10.1. The molecular weight excluding hydrogens is 482 g/mol. The fourth-order valence-corrected chi connectivity index (χ4v) is 5.05. The monoisotopic (exact) mass is 515 g/mol. The summed E-state index contributed by atoms with van der Waals surface area (Å²) >= 11 is 0. The zero-order valence-electron chi connectivity index (χ0n) is 22.5. The lowest BCUT2D eigenvalue weighted by Gasteiger charge is -2.33. The van der Waals surface area contributed by atoms with Gasteiger partial charge in [0.1, 0.15) is 5.82 Å². The van der Waals surface area contributed by atoms with Gasteiger partial charge in [0.25, 0.3) is 5.56 Å². The third kappa shape index (κ3) is 5.83. The normalized spacial score (nSPS) is 11.8. The minimum absolute atomic E-state index is 0.0346. The summed E-state index contributed by atoms with van der Waals surface area (Å²) in [5, 5.41) is 0.557. The number of para-hydroxylation sites is 1. The van der Waals surface area contributed by atoms with E-state index < -0.39 is 6.04 Å². The van der Waals surface area contributed by atoms with Crippen LogP contribution in [0.25, 0.3) is 16.6 Å². The summed E-state index contributed by atoms with van der Waals surface area (Å²) in [4.78, 5) is 34.8. The van der Waals surface area contributed by atoms with Crippen LogP contribution in [0.4, 0.5) is 0 Å². The molecule has 0 radical (unpaired) electrons. The van der Waals surface area contributed by atoms with E-state index in [0.29, 0.717) is 42.5 Å². The van der Waals surface area contributed by atoms with Crippen molar-refractivity contribution in [1.82, 2.24) is 14.5 Å². The molecule has 39 heavy (non-hydrogen) atoms. The number of amides is 1. The molecule has 0 spiro atoms. The van der Waals surface area contributed by atoms with E-state index >= 15 is 0 Å². The van der Waals surface area contributed by atoms with Gasteiger partial charge >= 0.3 is 0 Å². The van der Waals surface area contributed by atoms with Crippen LogP contribution < -0.4 is 5.56 Å². The fourth-order valence-electron chi connectivity index (χ4n) is 5.05. The number of hydrogen-bond donors (Lipinski definition) is 0. The van der Waals surface area contributed by atoms with Crippen molar-refractivity contribution in [2.24, 2.45) is 0 Å². The van der Waals surface area contributed by atoms with Crippen LogP contribution in [0.3, 0.4) is 0 Å². The van der Waals surface area contributed by atoms with Crippen molar-refractivity contribution in [1.29, 1.82) is 0 Å². The Morgan fingerprint density at radius 2 is 1.44 bits per heavy atom. The number of rotatable bonds is 9. The molecule has 5 rings (SSSR count). The summed E-state index contributed by atoms with van der Waals surface area (Å²) in [6.45, 7) is 4.51. The molecule has 1 unspecified atom stereocenters. The molecule has 4 aromatic carbocycles. The minimum Gasteiger partial charge on any atom is -0.328 e. The van der Waals surface area contributed by atoms with E-state index in [1.165, 1.54) is 0 Å². The Morgan fingerprint density at radius 1 is 0.821 bits per heavy atom. The first-order chi connectivity index (χ1) is 19.0. The van der Waals surface area contributed by atoms with Crippen molar-refractivity contribution in [2.75, 3.05) is 0 Å². The van der Waals surface area contributed by atoms with Gasteiger partial charge in [-0.1, -0.05) is 97.4 Å². The zero-order chi connectivity index (χ0) is 27.2. The van der Waals surface area contributed by atoms with E-state index in [1.54, 1.807) is 4.57 Å². The van der Waals surface area contributed by atoms with Crippen LogP contribution >= 0.6 is 0 Å². The number of nitrogens with zero attached hydrogens (tertiary/aromatic N) is 3. The Morgan fingerprint density at radius 3 is 2.10 bits per heavy atom. The van der Waals surface area contributed by atoms with Gasteiger partial charge in [0, 0.05) is 13.0 Å². The third-order valence-corrected chi connectivity index (χ3v) is 7.14. The molecule has 1 aromatic heterocycles. The van der Waals surface area contributed by atoms with Crippen LogP contribution in [0.5, 0.6) is 0 Å². The van der Waals surface area contributed by atoms with Crippen LogP contribution in [-0.4, -0.2) is 20.4 Å². The first-order valence-corrected chi connectivity index (χ1v) is 13.5. The highest BCUT2D eigenvalue weighted by Gasteiger charge is 2.29. The van der Waals surface area contributed by atoms with Gasteiger partial charge in [-0.3, -0.25) is 14.2 Å². The first kappa shape index (κ1) is 26.1. The van der Waals surface area contributed by atoms with E-state index in [9.17, 15) is 9.59 Å². The third-order valence-electron chi connectivity index (χ3n) is 7.14. The Balaban J connectivity index is 1.63. The van der Waals surface area contributed by atoms with Crippen molar-refractivity contribution in [3.63, 3.8) is 0 Å². The summed E-state index contributed by atoms with van der Waals surface area (Å²) in [5.74, 6) is 0.612. The summed E-state index contributed by atoms with van der Waals surface area (Å²) in [7, 11) is 0. The molecule has 0 fully saturated rings. The Kier molecular flexibility index (Phi) is 7.97. The van der Waals surface area contributed by atoms with Crippen molar-refractivity contribution in [2.45, 2.75) is 45.7 Å². The number of hydrogen-bond acceptors (Lipinski definition) is 3. The molecule has 1 heterocycles. The fraction of sp³-hybridized carbons (Fsp3) is 0.206. The maximum Gasteiger partial charge on any atom is 0.266 e. The summed E-state index contributed by atoms with van der Waals surface area (Å²) in [6, 6.07) is 35.0. The molecule has 0 aliphatic rings. The standard InChI is InChI=1S/C34H33N3O2/c1-3-31(36(24-27-14-8-5-9-15-27)32(38)23-20-26-12-6-4-7-13-26)33-35-30-17-11-10-16-29(30)34(39)37(33)28-21-18-25(2)19-22-28/h4-19,21-22,31H,3,20,23-24H2,1-2H3. The van der Waals surface area contributed by atoms with Gasteiger partial charge in [-0.2, -0.15) is 0 Å². The number of carbonyl (C=O) groups is 1. The lowest BCUT2D eigenvalue weighted by Crippen LogP contribution is -2.38. The largest absolute Gasteiger partial charge is 0.328 e. The van der Waals surface area contributed by atoms with Crippen LogP contribution in [0.1, 0.15) is 48.3 Å². The molecule has 0 aliphatic carbocycles. The second kappa shape index (κ2) is 11.9. The molecule has 5 aromatic rings. The molecule has 0 N–H and O–H groups in total. The molecule has 0 aliphatic heterocycles. The zero-order valence-corrected chi connectivity index (χ0v) is 22.5. The van der Waals surface area contributed by atoms with Crippen LogP contribution in [-0.2, 0) is 17.8 Å². The number of carbonyl (C=O) groups excluding carboxylic acids is 1. The molecule has 1 atom stereocenters. The Labute approximate surface area is 229 Å². The molecule has 0 saturated carbocycles. The predicted octanol–water partition coefficient (Wildman–Crippen LogP) is 6.81. The smallest absolute Gasteiger partial charge is 0.266 e. The molecule has 196 valence electrons. The van der Waals surface area contributed by atoms with Gasteiger partial charge in [0.05, 0.1) is 22.6 Å². The highest BCUT2D eigenvalue weighted by molar-refractivity contribution is 5.79. The molecule has 5 heteroatoms. The maximum absolute atomic E-state index is 13.9. The molecule has 1 amide bonds. The highest BCUT2D eigenvalue weighted by atomic mass is 16.2. The molecular formula is C34H33N3O2. The van der Waals surface area contributed by atoms with Gasteiger partial charge in [0.2, 0.25) is 5.91 Å². The van der Waals surface area contributed by atoms with Crippen molar-refractivity contribution >= 4 is 16.8 Å². The van der Waals surface area contributed by atoms with Gasteiger partial charge in [-0.05, 0) is 55.2 Å². The SMILES string of the molecule is CCC(c1nc2ccccc2c(=O)n1-c1ccc(C)cc1)N(Cc1ccccc1)C(=O)CCc1ccccc1. The van der Waals surface area contributed by atoms with E-state index in [2.05, 4.69) is 0 Å². The van der Waals surface area contributed by atoms with Gasteiger partial charge in [-0.15, -0.1) is 0 Å². The van der Waals surface area contributed by atoms with Crippen LogP contribution in [0.2, 0.25) is 0 Å². The number of aromatic nitrogens is 2. The topological polar surface area (TPSA) is 55.2 Å². The van der Waals surface area contributed by atoms with E-state index in [4.69, 9.17) is 4.98 Å². The Hall–Kier alpha value is -4.51. The van der Waals surface area contributed by atoms with Gasteiger partial charge in [0.15, 0.2) is 0 Å². The van der Waals surface area contributed by atoms with E-state index in [-0.39, 0.29) is 11.5 Å².